The lowest BCUT2D eigenvalue weighted by molar-refractivity contribution is -0.143. The molecule has 10 heteroatoms. The highest BCUT2D eigenvalue weighted by molar-refractivity contribution is 5.77. The molecule has 2 aliphatic rings. The molecular weight excluding hydrogens is 448 g/mol. The number of hydrogen-bond acceptors (Lipinski definition) is 2. The van der Waals surface area contributed by atoms with Gasteiger partial charge in [0.15, 0.2) is 5.69 Å². The summed E-state index contributed by atoms with van der Waals surface area (Å²) in [6.07, 6.45) is -5.92. The zero-order valence-corrected chi connectivity index (χ0v) is 18.2. The number of nitrogens with zero attached hydrogens (tertiary/aromatic N) is 3. The fourth-order valence-electron chi connectivity index (χ4n) is 5.24. The molecular formula is C23H25F6N3O. The second-order valence-corrected chi connectivity index (χ2v) is 9.11. The Bertz CT molecular complexity index is 1040. The maximum atomic E-state index is 13.5. The van der Waals surface area contributed by atoms with Crippen LogP contribution in [0.5, 0.6) is 0 Å². The molecule has 1 aliphatic heterocycles. The molecule has 2 aromatic rings. The normalized spacial score (nSPS) is 21.4. The summed E-state index contributed by atoms with van der Waals surface area (Å²) >= 11 is 0. The quantitative estimate of drug-likeness (QED) is 0.556. The van der Waals surface area contributed by atoms with Crippen LogP contribution in [0.4, 0.5) is 26.3 Å². The number of amides is 1. The number of rotatable bonds is 4. The maximum Gasteiger partial charge on any atom is 0.435 e. The third-order valence-corrected chi connectivity index (χ3v) is 6.75. The molecule has 1 atom stereocenters. The fraction of sp³-hybridized carbons (Fsp3) is 0.565. The number of fused-ring (bicyclic) bond motifs is 1. The lowest BCUT2D eigenvalue weighted by atomic mass is 9.88. The molecule has 1 aliphatic carbocycles. The van der Waals surface area contributed by atoms with Crippen molar-refractivity contribution in [3.63, 3.8) is 0 Å². The van der Waals surface area contributed by atoms with Gasteiger partial charge in [0.25, 0.3) is 0 Å². The molecule has 1 fully saturated rings. The molecule has 0 saturated carbocycles. The number of carbonyl (C=O) groups excluding carboxylic acids is 1. The second-order valence-electron chi connectivity index (χ2n) is 9.11. The summed E-state index contributed by atoms with van der Waals surface area (Å²) < 4.78 is 81.9. The first-order valence-corrected chi connectivity index (χ1v) is 11.0. The number of hydrogen-bond donors (Lipinski definition) is 0. The van der Waals surface area contributed by atoms with Crippen LogP contribution in [-0.4, -0.2) is 32.7 Å². The van der Waals surface area contributed by atoms with Crippen molar-refractivity contribution in [2.45, 2.75) is 76.3 Å². The molecule has 4 rings (SSSR count). The van der Waals surface area contributed by atoms with Crippen LogP contribution in [0.15, 0.2) is 24.3 Å². The van der Waals surface area contributed by atoms with E-state index in [4.69, 9.17) is 0 Å². The van der Waals surface area contributed by atoms with Gasteiger partial charge in [-0.05, 0) is 63.5 Å². The third kappa shape index (κ3) is 4.61. The van der Waals surface area contributed by atoms with Gasteiger partial charge in [-0.3, -0.25) is 9.48 Å². The van der Waals surface area contributed by atoms with Crippen molar-refractivity contribution in [1.29, 1.82) is 0 Å². The summed E-state index contributed by atoms with van der Waals surface area (Å²) in [5, 5.41) is 3.75. The molecule has 33 heavy (non-hydrogen) atoms. The minimum absolute atomic E-state index is 0.0133. The number of carbonyl (C=O) groups is 1. The molecule has 1 saturated heterocycles. The SMILES string of the molecule is CC1(Cc2ccccc2C(F)(F)F)CCCN1C(=O)Cn1nc(C(F)(F)F)c2c1CCCC2. The zero-order chi connectivity index (χ0) is 24.0. The molecule has 180 valence electrons. The summed E-state index contributed by atoms with van der Waals surface area (Å²) in [6.45, 7) is 1.73. The predicted octanol–water partition coefficient (Wildman–Crippen LogP) is 5.42. The molecule has 0 spiro atoms. The van der Waals surface area contributed by atoms with Crippen LogP contribution in [0.25, 0.3) is 0 Å². The highest BCUT2D eigenvalue weighted by Gasteiger charge is 2.43. The van der Waals surface area contributed by atoms with E-state index in [0.29, 0.717) is 37.9 Å². The van der Waals surface area contributed by atoms with Crippen LogP contribution in [0, 0.1) is 0 Å². The first-order chi connectivity index (χ1) is 15.4. The average Bonchev–Trinajstić information content (AvgIpc) is 3.28. The van der Waals surface area contributed by atoms with Crippen molar-refractivity contribution >= 4 is 5.91 Å². The van der Waals surface area contributed by atoms with E-state index in [9.17, 15) is 31.1 Å². The van der Waals surface area contributed by atoms with Crippen molar-refractivity contribution < 1.29 is 31.1 Å². The number of halogens is 6. The van der Waals surface area contributed by atoms with E-state index in [1.807, 2.05) is 0 Å². The Morgan fingerprint density at radius 1 is 1.03 bits per heavy atom. The van der Waals surface area contributed by atoms with Crippen LogP contribution in [0.3, 0.4) is 0 Å². The summed E-state index contributed by atoms with van der Waals surface area (Å²) in [4.78, 5) is 14.7. The Kier molecular flexibility index (Phi) is 5.99. The van der Waals surface area contributed by atoms with Gasteiger partial charge in [0, 0.05) is 23.3 Å². The molecule has 4 nitrogen and oxygen atoms in total. The van der Waals surface area contributed by atoms with Crippen molar-refractivity contribution in [2.75, 3.05) is 6.54 Å². The van der Waals surface area contributed by atoms with Crippen molar-refractivity contribution in [3.05, 3.63) is 52.3 Å². The Labute approximate surface area is 187 Å². The van der Waals surface area contributed by atoms with Gasteiger partial charge in [-0.15, -0.1) is 0 Å². The number of likely N-dealkylation sites (tertiary alicyclic amines) is 1. The van der Waals surface area contributed by atoms with E-state index >= 15 is 0 Å². The number of aromatic nitrogens is 2. The monoisotopic (exact) mass is 473 g/mol. The van der Waals surface area contributed by atoms with Crippen LogP contribution in [0.1, 0.15) is 60.7 Å². The topological polar surface area (TPSA) is 38.1 Å². The maximum absolute atomic E-state index is 13.5. The molecule has 0 N–H and O–H groups in total. The molecule has 0 bridgehead atoms. The first kappa shape index (κ1) is 23.6. The van der Waals surface area contributed by atoms with Gasteiger partial charge in [-0.25, -0.2) is 0 Å². The van der Waals surface area contributed by atoms with Crippen molar-refractivity contribution in [1.82, 2.24) is 14.7 Å². The molecule has 1 aromatic carbocycles. The standard InChI is InChI=1S/C23H25F6N3O/c1-21(13-15-7-2-4-9-17(15)22(24,25)26)11-6-12-31(21)19(33)14-32-18-10-5-3-8-16(18)20(30-32)23(27,28)29/h2,4,7,9H,3,5-6,8,10-14H2,1H3. The molecule has 1 unspecified atom stereocenters. The third-order valence-electron chi connectivity index (χ3n) is 6.75. The Balaban J connectivity index is 1.59. The first-order valence-electron chi connectivity index (χ1n) is 11.0. The largest absolute Gasteiger partial charge is 0.435 e. The second kappa shape index (κ2) is 8.36. The molecule has 0 radical (unpaired) electrons. The van der Waals surface area contributed by atoms with Crippen LogP contribution < -0.4 is 0 Å². The molecule has 1 amide bonds. The van der Waals surface area contributed by atoms with Crippen LogP contribution in [-0.2, 0) is 43.0 Å². The van der Waals surface area contributed by atoms with Crippen molar-refractivity contribution in [2.24, 2.45) is 0 Å². The minimum Gasteiger partial charge on any atom is -0.335 e. The molecule has 2 heterocycles. The summed E-state index contributed by atoms with van der Waals surface area (Å²) in [5.74, 6) is -0.427. The van der Waals surface area contributed by atoms with Crippen LogP contribution in [0.2, 0.25) is 0 Å². The zero-order valence-electron chi connectivity index (χ0n) is 18.2. The van der Waals surface area contributed by atoms with E-state index in [2.05, 4.69) is 5.10 Å². The number of benzene rings is 1. The smallest absolute Gasteiger partial charge is 0.335 e. The Morgan fingerprint density at radius 2 is 1.73 bits per heavy atom. The highest BCUT2D eigenvalue weighted by Crippen LogP contribution is 2.39. The van der Waals surface area contributed by atoms with Gasteiger partial charge in [0.1, 0.15) is 6.54 Å². The van der Waals surface area contributed by atoms with E-state index < -0.39 is 35.1 Å². The van der Waals surface area contributed by atoms with E-state index in [1.165, 1.54) is 23.1 Å². The minimum atomic E-state index is -4.60. The summed E-state index contributed by atoms with van der Waals surface area (Å²) in [6, 6.07) is 5.29. The van der Waals surface area contributed by atoms with Gasteiger partial charge in [0.2, 0.25) is 5.91 Å². The summed E-state index contributed by atoms with van der Waals surface area (Å²) in [5.41, 5.74) is -1.84. The predicted molar refractivity (Wildman–Crippen MR) is 108 cm³/mol. The van der Waals surface area contributed by atoms with E-state index in [1.54, 1.807) is 6.92 Å². The van der Waals surface area contributed by atoms with Gasteiger partial charge in [0.05, 0.1) is 5.56 Å². The van der Waals surface area contributed by atoms with Gasteiger partial charge in [-0.1, -0.05) is 18.2 Å². The summed E-state index contributed by atoms with van der Waals surface area (Å²) in [7, 11) is 0. The van der Waals surface area contributed by atoms with E-state index in [-0.39, 0.29) is 30.5 Å². The molecule has 1 aromatic heterocycles. The lowest BCUT2D eigenvalue weighted by Gasteiger charge is -2.36. The lowest BCUT2D eigenvalue weighted by Crippen LogP contribution is -2.48. The van der Waals surface area contributed by atoms with Gasteiger partial charge < -0.3 is 4.90 Å². The Hall–Kier alpha value is -2.52. The van der Waals surface area contributed by atoms with E-state index in [0.717, 1.165) is 17.2 Å². The van der Waals surface area contributed by atoms with Gasteiger partial charge >= 0.3 is 12.4 Å². The van der Waals surface area contributed by atoms with Crippen molar-refractivity contribution in [3.8, 4) is 0 Å². The Morgan fingerprint density at radius 3 is 2.42 bits per heavy atom. The van der Waals surface area contributed by atoms with Gasteiger partial charge in [-0.2, -0.15) is 31.4 Å². The average molecular weight is 473 g/mol. The number of alkyl halides is 6. The fourth-order valence-corrected chi connectivity index (χ4v) is 5.24. The highest BCUT2D eigenvalue weighted by atomic mass is 19.4. The van der Waals surface area contributed by atoms with Crippen LogP contribution >= 0.6 is 0 Å².